The van der Waals surface area contributed by atoms with Crippen molar-refractivity contribution in [2.24, 2.45) is 0 Å². The number of carbonyl (C=O) groups excluding carboxylic acids is 1. The average molecular weight is 289 g/mol. The first-order valence-corrected chi connectivity index (χ1v) is 6.78. The first-order chi connectivity index (χ1) is 8.40. The molecule has 6 heteroatoms. The number of aliphatic hydroxyl groups is 1. The van der Waals surface area contributed by atoms with Crippen LogP contribution >= 0.6 is 23.4 Å². The average Bonchev–Trinajstić information content (AvgIpc) is 2.35. The Balaban J connectivity index is 3.34. The van der Waals surface area contributed by atoms with E-state index in [1.54, 1.807) is 18.4 Å². The fraction of sp³-hybridized carbons (Fsp3) is 0.333. The van der Waals surface area contributed by atoms with Gasteiger partial charge >= 0.3 is 5.97 Å². The zero-order valence-corrected chi connectivity index (χ0v) is 11.5. The van der Waals surface area contributed by atoms with E-state index in [1.807, 2.05) is 0 Å². The summed E-state index contributed by atoms with van der Waals surface area (Å²) in [6, 6.07) is 4.75. The number of hydrogen-bond donors (Lipinski definition) is 2. The van der Waals surface area contributed by atoms with Crippen LogP contribution in [0.15, 0.2) is 23.1 Å². The van der Waals surface area contributed by atoms with Crippen LogP contribution < -0.4 is 0 Å². The molecule has 2 N–H and O–H groups in total. The minimum atomic E-state index is -1.62. The molecule has 0 aliphatic rings. The summed E-state index contributed by atoms with van der Waals surface area (Å²) >= 11 is 7.24. The molecule has 0 aliphatic heterocycles. The van der Waals surface area contributed by atoms with Crippen molar-refractivity contribution in [3.63, 3.8) is 0 Å². The zero-order valence-electron chi connectivity index (χ0n) is 9.88. The van der Waals surface area contributed by atoms with Gasteiger partial charge in [-0.15, -0.1) is 23.4 Å². The number of benzene rings is 1. The molecule has 1 aromatic rings. The molecular weight excluding hydrogens is 276 g/mol. The van der Waals surface area contributed by atoms with Gasteiger partial charge in [-0.3, -0.25) is 4.79 Å². The van der Waals surface area contributed by atoms with Crippen molar-refractivity contribution in [1.82, 2.24) is 0 Å². The van der Waals surface area contributed by atoms with Gasteiger partial charge in [0.25, 0.3) is 0 Å². The van der Waals surface area contributed by atoms with Crippen LogP contribution in [0.5, 0.6) is 0 Å². The molecule has 0 bridgehead atoms. The number of alkyl halides is 1. The number of hydrogen-bond acceptors (Lipinski definition) is 4. The van der Waals surface area contributed by atoms with E-state index in [2.05, 4.69) is 0 Å². The highest BCUT2D eigenvalue weighted by Crippen LogP contribution is 2.35. The Hall–Kier alpha value is -1.04. The summed E-state index contributed by atoms with van der Waals surface area (Å²) in [6.45, 7) is 1.36. The van der Waals surface area contributed by atoms with Gasteiger partial charge in [0.05, 0.1) is 0 Å². The van der Waals surface area contributed by atoms with E-state index in [9.17, 15) is 14.7 Å². The third kappa shape index (κ3) is 3.04. The van der Waals surface area contributed by atoms with E-state index in [0.29, 0.717) is 10.5 Å². The van der Waals surface area contributed by atoms with Crippen molar-refractivity contribution in [3.8, 4) is 0 Å². The van der Waals surface area contributed by atoms with Crippen molar-refractivity contribution in [3.05, 3.63) is 29.3 Å². The molecule has 0 radical (unpaired) electrons. The topological polar surface area (TPSA) is 74.6 Å². The summed E-state index contributed by atoms with van der Waals surface area (Å²) in [5.74, 6) is -1.56. The van der Waals surface area contributed by atoms with Crippen LogP contribution in [0.25, 0.3) is 0 Å². The molecule has 2 unspecified atom stereocenters. The fourth-order valence-electron chi connectivity index (χ4n) is 1.58. The molecule has 0 saturated heterocycles. The molecule has 4 nitrogen and oxygen atoms in total. The molecule has 98 valence electrons. The van der Waals surface area contributed by atoms with Crippen LogP contribution in [0.4, 0.5) is 0 Å². The molecule has 0 heterocycles. The van der Waals surface area contributed by atoms with Gasteiger partial charge in [0.2, 0.25) is 0 Å². The van der Waals surface area contributed by atoms with E-state index in [-0.39, 0.29) is 11.3 Å². The number of aliphatic hydroxyl groups excluding tert-OH is 1. The molecule has 0 saturated carbocycles. The van der Waals surface area contributed by atoms with Crippen molar-refractivity contribution in [1.29, 1.82) is 0 Å². The number of carboxylic acid groups (broad SMARTS) is 1. The van der Waals surface area contributed by atoms with E-state index >= 15 is 0 Å². The second-order valence-electron chi connectivity index (χ2n) is 3.68. The van der Waals surface area contributed by atoms with Crippen LogP contribution in [-0.2, 0) is 9.59 Å². The Morgan fingerprint density at radius 1 is 1.33 bits per heavy atom. The predicted molar refractivity (Wildman–Crippen MR) is 70.1 cm³/mol. The predicted octanol–water partition coefficient (Wildman–Crippen LogP) is 2.40. The maximum Gasteiger partial charge on any atom is 0.337 e. The number of Topliss-reactive ketones (excluding diaryl/α,β-unsaturated/α-hetero) is 1. The molecule has 18 heavy (non-hydrogen) atoms. The smallest absolute Gasteiger partial charge is 0.337 e. The molecule has 1 rings (SSSR count). The lowest BCUT2D eigenvalue weighted by atomic mass is 10.0. The standard InChI is InChI=1S/C12H13ClO4S/c1-6(14)9(13)7-4-3-5-8(11(7)18-2)10(15)12(16)17/h3-5,9-10,15H,1-2H3,(H,16,17). The summed E-state index contributed by atoms with van der Waals surface area (Å²) in [7, 11) is 0. The number of halogens is 1. The second kappa shape index (κ2) is 6.22. The molecule has 0 aliphatic carbocycles. The Bertz CT molecular complexity index is 437. The van der Waals surface area contributed by atoms with Crippen LogP contribution in [-0.4, -0.2) is 28.2 Å². The van der Waals surface area contributed by atoms with Crippen LogP contribution in [0, 0.1) is 0 Å². The largest absolute Gasteiger partial charge is 0.479 e. The third-order valence-corrected chi connectivity index (χ3v) is 3.86. The molecule has 0 fully saturated rings. The Morgan fingerprint density at radius 2 is 1.89 bits per heavy atom. The quantitative estimate of drug-likeness (QED) is 0.643. The van der Waals surface area contributed by atoms with Crippen LogP contribution in [0.3, 0.4) is 0 Å². The van der Waals surface area contributed by atoms with Gasteiger partial charge in [0.1, 0.15) is 5.38 Å². The van der Waals surface area contributed by atoms with Crippen molar-refractivity contribution in [2.75, 3.05) is 6.26 Å². The van der Waals surface area contributed by atoms with Gasteiger partial charge < -0.3 is 10.2 Å². The Labute approximate surface area is 114 Å². The highest BCUT2D eigenvalue weighted by molar-refractivity contribution is 7.98. The summed E-state index contributed by atoms with van der Waals surface area (Å²) in [4.78, 5) is 22.7. The fourth-order valence-corrected chi connectivity index (χ4v) is 2.66. The summed E-state index contributed by atoms with van der Waals surface area (Å²) < 4.78 is 0. The lowest BCUT2D eigenvalue weighted by Crippen LogP contribution is -2.13. The van der Waals surface area contributed by atoms with Crippen LogP contribution in [0.2, 0.25) is 0 Å². The van der Waals surface area contributed by atoms with Crippen LogP contribution in [0.1, 0.15) is 29.5 Å². The summed E-state index contributed by atoms with van der Waals surface area (Å²) in [6.07, 6.45) is 0.115. The van der Waals surface area contributed by atoms with Gasteiger partial charge in [-0.1, -0.05) is 18.2 Å². The lowest BCUT2D eigenvalue weighted by Gasteiger charge is -2.16. The minimum absolute atomic E-state index is 0.228. The monoisotopic (exact) mass is 288 g/mol. The highest BCUT2D eigenvalue weighted by Gasteiger charge is 2.24. The van der Waals surface area contributed by atoms with Crippen molar-refractivity contribution >= 4 is 35.1 Å². The molecule has 2 atom stereocenters. The van der Waals surface area contributed by atoms with E-state index in [1.165, 1.54) is 24.8 Å². The zero-order chi connectivity index (χ0) is 13.9. The number of ketones is 1. The third-order valence-electron chi connectivity index (χ3n) is 2.44. The van der Waals surface area contributed by atoms with Gasteiger partial charge in [0.15, 0.2) is 11.9 Å². The molecule has 0 amide bonds. The van der Waals surface area contributed by atoms with Gasteiger partial charge in [-0.25, -0.2) is 4.79 Å². The van der Waals surface area contributed by atoms with Gasteiger partial charge in [0, 0.05) is 10.5 Å². The van der Waals surface area contributed by atoms with Gasteiger partial charge in [-0.2, -0.15) is 0 Å². The maximum atomic E-state index is 11.3. The Kier molecular flexibility index (Phi) is 5.19. The summed E-state index contributed by atoms with van der Waals surface area (Å²) in [5.41, 5.74) is 0.772. The SMILES string of the molecule is CSc1c(C(O)C(=O)O)cccc1C(Cl)C(C)=O. The van der Waals surface area contributed by atoms with E-state index in [4.69, 9.17) is 16.7 Å². The van der Waals surface area contributed by atoms with Gasteiger partial charge in [-0.05, 0) is 18.7 Å². The second-order valence-corrected chi connectivity index (χ2v) is 4.94. The van der Waals surface area contributed by atoms with Crippen molar-refractivity contribution in [2.45, 2.75) is 23.3 Å². The molecular formula is C12H13ClO4S. The number of rotatable bonds is 5. The molecule has 1 aromatic carbocycles. The minimum Gasteiger partial charge on any atom is -0.479 e. The first-order valence-electron chi connectivity index (χ1n) is 5.12. The normalized spacial score (nSPS) is 14.0. The number of thioether (sulfide) groups is 1. The Morgan fingerprint density at radius 3 is 2.33 bits per heavy atom. The van der Waals surface area contributed by atoms with E-state index < -0.39 is 17.5 Å². The lowest BCUT2D eigenvalue weighted by molar-refractivity contribution is -0.147. The summed E-state index contributed by atoms with van der Waals surface area (Å²) in [5, 5.41) is 17.6. The number of carbonyl (C=O) groups is 2. The number of carboxylic acids is 1. The highest BCUT2D eigenvalue weighted by atomic mass is 35.5. The maximum absolute atomic E-state index is 11.3. The van der Waals surface area contributed by atoms with E-state index in [0.717, 1.165) is 0 Å². The molecule has 0 spiro atoms. The molecule has 0 aromatic heterocycles. The van der Waals surface area contributed by atoms with Crippen molar-refractivity contribution < 1.29 is 19.8 Å². The number of aliphatic carboxylic acids is 1. The first kappa shape index (κ1) is 15.0.